The Bertz CT molecular complexity index is 810. The van der Waals surface area contributed by atoms with E-state index in [0.717, 1.165) is 0 Å². The summed E-state index contributed by atoms with van der Waals surface area (Å²) in [5.41, 5.74) is 0.839. The van der Waals surface area contributed by atoms with Gasteiger partial charge in [0.15, 0.2) is 11.6 Å². The van der Waals surface area contributed by atoms with E-state index >= 15 is 0 Å². The molecule has 1 aromatic heterocycles. The molecule has 0 bridgehead atoms. The van der Waals surface area contributed by atoms with Crippen LogP contribution in [-0.4, -0.2) is 26.1 Å². The molecule has 2 rings (SSSR count). The fraction of sp³-hybridized carbons (Fsp3) is 0.222. The molecule has 0 atom stereocenters. The topological polar surface area (TPSA) is 77.8 Å². The van der Waals surface area contributed by atoms with E-state index in [9.17, 15) is 14.0 Å². The largest absolute Gasteiger partial charge is 0.494 e. The summed E-state index contributed by atoms with van der Waals surface area (Å²) in [6.45, 7) is 1.74. The molecule has 0 spiro atoms. The first-order valence-corrected chi connectivity index (χ1v) is 7.41. The monoisotopic (exact) mass is 347 g/mol. The van der Waals surface area contributed by atoms with Gasteiger partial charge in [-0.25, -0.2) is 9.18 Å². The molecule has 132 valence electrons. The number of hydrogen-bond donors (Lipinski definition) is 1. The highest BCUT2D eigenvalue weighted by molar-refractivity contribution is 5.92. The van der Waals surface area contributed by atoms with Crippen LogP contribution in [0, 0.1) is 12.7 Å². The lowest BCUT2D eigenvalue weighted by Gasteiger charge is -2.02. The number of benzene rings is 1. The number of esters is 1. The van der Waals surface area contributed by atoms with Crippen molar-refractivity contribution in [3.8, 4) is 5.75 Å². The standard InChI is InChI=1S/C18H18FNO5/c1-11-14(18(22)24-3)9-13(25-11)10-20-17(21)7-5-12-4-6-16(23-2)15(19)8-12/h4-9H,10H2,1-3H3,(H,20,21)/b7-5+. The van der Waals surface area contributed by atoms with Crippen LogP contribution in [0.5, 0.6) is 5.75 Å². The van der Waals surface area contributed by atoms with Gasteiger partial charge in [0.2, 0.25) is 5.91 Å². The minimum atomic E-state index is -0.508. The van der Waals surface area contributed by atoms with Crippen LogP contribution in [0.2, 0.25) is 0 Å². The van der Waals surface area contributed by atoms with Crippen molar-refractivity contribution < 1.29 is 27.9 Å². The molecule has 0 saturated carbocycles. The van der Waals surface area contributed by atoms with Gasteiger partial charge in [-0.15, -0.1) is 0 Å². The first-order chi connectivity index (χ1) is 11.9. The van der Waals surface area contributed by atoms with Crippen LogP contribution in [-0.2, 0) is 16.1 Å². The Hall–Kier alpha value is -3.09. The fourth-order valence-corrected chi connectivity index (χ4v) is 2.13. The summed E-state index contributed by atoms with van der Waals surface area (Å²) < 4.78 is 28.4. The van der Waals surface area contributed by atoms with Crippen molar-refractivity contribution in [1.82, 2.24) is 5.32 Å². The number of halogens is 1. The molecule has 1 heterocycles. The number of hydrogen-bond acceptors (Lipinski definition) is 5. The highest BCUT2D eigenvalue weighted by atomic mass is 19.1. The predicted molar refractivity (Wildman–Crippen MR) is 88.6 cm³/mol. The zero-order valence-electron chi connectivity index (χ0n) is 14.1. The van der Waals surface area contributed by atoms with Crippen molar-refractivity contribution in [3.63, 3.8) is 0 Å². The maximum absolute atomic E-state index is 13.6. The van der Waals surface area contributed by atoms with E-state index in [-0.39, 0.29) is 18.2 Å². The Morgan fingerprint density at radius 3 is 2.68 bits per heavy atom. The Labute approximate surface area is 144 Å². The Kier molecular flexibility index (Phi) is 5.94. The van der Waals surface area contributed by atoms with Crippen molar-refractivity contribution in [1.29, 1.82) is 0 Å². The van der Waals surface area contributed by atoms with E-state index in [4.69, 9.17) is 9.15 Å². The van der Waals surface area contributed by atoms with Gasteiger partial charge in [-0.2, -0.15) is 0 Å². The number of amides is 1. The summed E-state index contributed by atoms with van der Waals surface area (Å²) in [4.78, 5) is 23.3. The molecule has 1 amide bonds. The number of carbonyl (C=O) groups is 2. The number of nitrogens with one attached hydrogen (secondary N) is 1. The normalized spacial score (nSPS) is 10.7. The summed E-state index contributed by atoms with van der Waals surface area (Å²) in [6, 6.07) is 5.89. The van der Waals surface area contributed by atoms with Crippen LogP contribution in [0.4, 0.5) is 4.39 Å². The Morgan fingerprint density at radius 2 is 2.04 bits per heavy atom. The number of aryl methyl sites for hydroxylation is 1. The molecule has 7 heteroatoms. The third-order valence-corrected chi connectivity index (χ3v) is 3.41. The minimum absolute atomic E-state index is 0.109. The van der Waals surface area contributed by atoms with Crippen molar-refractivity contribution >= 4 is 18.0 Å². The number of methoxy groups -OCH3 is 2. The third kappa shape index (κ3) is 4.69. The molecule has 2 aromatic rings. The summed E-state index contributed by atoms with van der Waals surface area (Å²) in [5.74, 6) is -0.414. The SMILES string of the molecule is COC(=O)c1cc(CNC(=O)/C=C/c2ccc(OC)c(F)c2)oc1C. The van der Waals surface area contributed by atoms with Crippen LogP contribution >= 0.6 is 0 Å². The van der Waals surface area contributed by atoms with Crippen LogP contribution in [0.3, 0.4) is 0 Å². The molecule has 6 nitrogen and oxygen atoms in total. The second kappa shape index (κ2) is 8.14. The molecule has 0 aliphatic carbocycles. The van der Waals surface area contributed by atoms with E-state index in [1.54, 1.807) is 13.0 Å². The highest BCUT2D eigenvalue weighted by Gasteiger charge is 2.15. The lowest BCUT2D eigenvalue weighted by atomic mass is 10.2. The smallest absolute Gasteiger partial charge is 0.341 e. The Morgan fingerprint density at radius 1 is 1.28 bits per heavy atom. The van der Waals surface area contributed by atoms with E-state index in [2.05, 4.69) is 10.1 Å². The predicted octanol–water partition coefficient (Wildman–Crippen LogP) is 2.85. The lowest BCUT2D eigenvalue weighted by molar-refractivity contribution is -0.116. The first-order valence-electron chi connectivity index (χ1n) is 7.41. The van der Waals surface area contributed by atoms with E-state index in [1.807, 2.05) is 0 Å². The van der Waals surface area contributed by atoms with Crippen LogP contribution in [0.15, 0.2) is 34.8 Å². The number of furan rings is 1. The number of ether oxygens (including phenoxy) is 2. The second-order valence-corrected chi connectivity index (χ2v) is 5.12. The number of carbonyl (C=O) groups excluding carboxylic acids is 2. The third-order valence-electron chi connectivity index (χ3n) is 3.41. The van der Waals surface area contributed by atoms with Gasteiger partial charge in [0, 0.05) is 6.08 Å². The van der Waals surface area contributed by atoms with Gasteiger partial charge in [0.05, 0.1) is 20.8 Å². The summed E-state index contributed by atoms with van der Waals surface area (Å²) in [6.07, 6.45) is 2.75. The van der Waals surface area contributed by atoms with Crippen molar-refractivity contribution in [2.75, 3.05) is 14.2 Å². The quantitative estimate of drug-likeness (QED) is 0.642. The molecule has 0 aliphatic heterocycles. The minimum Gasteiger partial charge on any atom is -0.494 e. The molecule has 25 heavy (non-hydrogen) atoms. The van der Waals surface area contributed by atoms with E-state index in [0.29, 0.717) is 22.6 Å². The molecule has 0 unspecified atom stereocenters. The maximum Gasteiger partial charge on any atom is 0.341 e. The van der Waals surface area contributed by atoms with Gasteiger partial charge >= 0.3 is 5.97 Å². The summed E-state index contributed by atoms with van der Waals surface area (Å²) in [5, 5.41) is 2.61. The number of rotatable bonds is 6. The van der Waals surface area contributed by atoms with Gasteiger partial charge in [0.25, 0.3) is 0 Å². The highest BCUT2D eigenvalue weighted by Crippen LogP contribution is 2.18. The second-order valence-electron chi connectivity index (χ2n) is 5.12. The van der Waals surface area contributed by atoms with Crippen LogP contribution in [0.1, 0.15) is 27.4 Å². The van der Waals surface area contributed by atoms with E-state index in [1.165, 1.54) is 44.6 Å². The molecular weight excluding hydrogens is 329 g/mol. The van der Waals surface area contributed by atoms with Crippen molar-refractivity contribution in [3.05, 3.63) is 58.8 Å². The van der Waals surface area contributed by atoms with Crippen LogP contribution < -0.4 is 10.1 Å². The zero-order chi connectivity index (χ0) is 18.4. The van der Waals surface area contributed by atoms with Crippen molar-refractivity contribution in [2.24, 2.45) is 0 Å². The average molecular weight is 347 g/mol. The van der Waals surface area contributed by atoms with Gasteiger partial charge in [-0.05, 0) is 36.8 Å². The molecule has 1 aromatic carbocycles. The lowest BCUT2D eigenvalue weighted by Crippen LogP contribution is -2.19. The first kappa shape index (κ1) is 18.3. The van der Waals surface area contributed by atoms with Gasteiger partial charge in [-0.3, -0.25) is 4.79 Å². The average Bonchev–Trinajstić information content (AvgIpc) is 2.98. The molecule has 0 saturated heterocycles. The van der Waals surface area contributed by atoms with Gasteiger partial charge < -0.3 is 19.2 Å². The maximum atomic E-state index is 13.6. The fourth-order valence-electron chi connectivity index (χ4n) is 2.13. The molecule has 0 fully saturated rings. The summed E-state index contributed by atoms with van der Waals surface area (Å²) in [7, 11) is 2.66. The van der Waals surface area contributed by atoms with Crippen LogP contribution in [0.25, 0.3) is 6.08 Å². The van der Waals surface area contributed by atoms with Gasteiger partial charge in [0.1, 0.15) is 17.1 Å². The molecule has 1 N–H and O–H groups in total. The zero-order valence-corrected chi connectivity index (χ0v) is 14.1. The Balaban J connectivity index is 1.94. The summed E-state index contributed by atoms with van der Waals surface area (Å²) >= 11 is 0. The van der Waals surface area contributed by atoms with E-state index < -0.39 is 11.8 Å². The van der Waals surface area contributed by atoms with Gasteiger partial charge in [-0.1, -0.05) is 6.07 Å². The van der Waals surface area contributed by atoms with Crippen molar-refractivity contribution in [2.45, 2.75) is 13.5 Å². The molecule has 0 radical (unpaired) electrons. The molecular formula is C18H18FNO5. The molecule has 0 aliphatic rings.